The Kier molecular flexibility index (Phi) is 5.54. The number of aryl methyl sites for hydroxylation is 1. The van der Waals surface area contributed by atoms with Gasteiger partial charge in [0.05, 0.1) is 7.11 Å². The first-order valence-electron chi connectivity index (χ1n) is 6.02. The number of methoxy groups -OCH3 is 1. The minimum Gasteiger partial charge on any atom is -0.496 e. The smallest absolute Gasteiger partial charge is 0.221 e. The normalized spacial score (nSPS) is 10.3. The van der Waals surface area contributed by atoms with Gasteiger partial charge in [-0.15, -0.1) is 0 Å². The Balaban J connectivity index is 2.90. The minimum absolute atomic E-state index is 0.0391. The molecule has 1 aromatic carbocycles. The van der Waals surface area contributed by atoms with E-state index >= 15 is 0 Å². The van der Waals surface area contributed by atoms with Crippen LogP contribution >= 0.6 is 12.6 Å². The fraction of sp³-hybridized carbons (Fsp3) is 0.500. The minimum atomic E-state index is 0.0391. The molecule has 0 aliphatic carbocycles. The average molecular weight is 267 g/mol. The number of carbonyl (C=O) groups excluding carboxylic acids is 1. The quantitative estimate of drug-likeness (QED) is 0.805. The summed E-state index contributed by atoms with van der Waals surface area (Å²) in [5, 5.41) is 2.92. The molecule has 0 saturated carbocycles. The molecule has 100 valence electrons. The molecule has 0 bridgehead atoms. The van der Waals surface area contributed by atoms with Crippen molar-refractivity contribution < 1.29 is 9.53 Å². The zero-order valence-electron chi connectivity index (χ0n) is 11.5. The Hall–Kier alpha value is -1.16. The lowest BCUT2D eigenvalue weighted by Crippen LogP contribution is -2.24. The molecule has 1 N–H and O–H groups in total. The number of rotatable bonds is 5. The highest BCUT2D eigenvalue weighted by atomic mass is 32.1. The average Bonchev–Trinajstić information content (AvgIpc) is 2.34. The number of amides is 1. The van der Waals surface area contributed by atoms with Crippen LogP contribution in [0.15, 0.2) is 6.07 Å². The van der Waals surface area contributed by atoms with Crippen molar-refractivity contribution in [3.8, 4) is 5.75 Å². The molecular formula is C14H21NO2S. The third-order valence-corrected chi connectivity index (χ3v) is 3.45. The van der Waals surface area contributed by atoms with Gasteiger partial charge in [0.15, 0.2) is 0 Å². The molecule has 0 unspecified atom stereocenters. The SMILES string of the molecule is COc1cc(C)c(CNC(=O)CCS)c(C)c1C. The van der Waals surface area contributed by atoms with Crippen LogP contribution in [0, 0.1) is 20.8 Å². The highest BCUT2D eigenvalue weighted by molar-refractivity contribution is 7.80. The summed E-state index contributed by atoms with van der Waals surface area (Å²) in [5.41, 5.74) is 4.61. The molecule has 0 fully saturated rings. The number of benzene rings is 1. The van der Waals surface area contributed by atoms with Gasteiger partial charge in [-0.1, -0.05) is 0 Å². The first-order valence-corrected chi connectivity index (χ1v) is 6.65. The fourth-order valence-electron chi connectivity index (χ4n) is 1.96. The number of ether oxygens (including phenoxy) is 1. The maximum atomic E-state index is 11.5. The molecule has 1 amide bonds. The van der Waals surface area contributed by atoms with Gasteiger partial charge in [-0.3, -0.25) is 4.79 Å². The van der Waals surface area contributed by atoms with Crippen LogP contribution in [-0.4, -0.2) is 18.8 Å². The Morgan fingerprint density at radius 2 is 2.00 bits per heavy atom. The molecule has 0 spiro atoms. The van der Waals surface area contributed by atoms with E-state index in [9.17, 15) is 4.79 Å². The van der Waals surface area contributed by atoms with Gasteiger partial charge in [0.2, 0.25) is 5.91 Å². The predicted molar refractivity (Wildman–Crippen MR) is 77.5 cm³/mol. The Labute approximate surface area is 114 Å². The Morgan fingerprint density at radius 1 is 1.33 bits per heavy atom. The van der Waals surface area contributed by atoms with Crippen LogP contribution in [0.25, 0.3) is 0 Å². The van der Waals surface area contributed by atoms with Crippen LogP contribution in [0.5, 0.6) is 5.75 Å². The van der Waals surface area contributed by atoms with Gasteiger partial charge in [0, 0.05) is 13.0 Å². The van der Waals surface area contributed by atoms with Crippen molar-refractivity contribution in [1.29, 1.82) is 0 Å². The summed E-state index contributed by atoms with van der Waals surface area (Å²) < 4.78 is 5.33. The number of hydrogen-bond acceptors (Lipinski definition) is 3. The summed E-state index contributed by atoms with van der Waals surface area (Å²) in [6.45, 7) is 6.70. The van der Waals surface area contributed by atoms with Gasteiger partial charge in [0.1, 0.15) is 5.75 Å². The summed E-state index contributed by atoms with van der Waals surface area (Å²) in [6.07, 6.45) is 0.455. The third kappa shape index (κ3) is 3.42. The molecule has 3 nitrogen and oxygen atoms in total. The van der Waals surface area contributed by atoms with Gasteiger partial charge >= 0.3 is 0 Å². The molecule has 0 atom stereocenters. The van der Waals surface area contributed by atoms with Crippen molar-refractivity contribution in [2.75, 3.05) is 12.9 Å². The van der Waals surface area contributed by atoms with Crippen LogP contribution in [-0.2, 0) is 11.3 Å². The molecule has 0 aromatic heterocycles. The number of thiol groups is 1. The molecular weight excluding hydrogens is 246 g/mol. The summed E-state index contributed by atoms with van der Waals surface area (Å²) in [7, 11) is 1.68. The summed E-state index contributed by atoms with van der Waals surface area (Å²) in [6, 6.07) is 2.02. The molecule has 0 heterocycles. The van der Waals surface area contributed by atoms with Crippen molar-refractivity contribution in [2.24, 2.45) is 0 Å². The van der Waals surface area contributed by atoms with E-state index in [1.165, 1.54) is 11.1 Å². The second-order valence-electron chi connectivity index (χ2n) is 4.37. The number of carbonyl (C=O) groups is 1. The van der Waals surface area contributed by atoms with Gasteiger partial charge in [-0.2, -0.15) is 12.6 Å². The van der Waals surface area contributed by atoms with Crippen molar-refractivity contribution in [2.45, 2.75) is 33.7 Å². The highest BCUT2D eigenvalue weighted by Gasteiger charge is 2.11. The molecule has 1 aromatic rings. The van der Waals surface area contributed by atoms with Gasteiger partial charge < -0.3 is 10.1 Å². The summed E-state index contributed by atoms with van der Waals surface area (Å²) in [5.74, 6) is 1.51. The second kappa shape index (κ2) is 6.69. The maximum absolute atomic E-state index is 11.5. The van der Waals surface area contributed by atoms with E-state index < -0.39 is 0 Å². The van der Waals surface area contributed by atoms with Crippen molar-refractivity contribution in [3.05, 3.63) is 28.3 Å². The van der Waals surface area contributed by atoms with Crippen LogP contribution in [0.1, 0.15) is 28.7 Å². The van der Waals surface area contributed by atoms with E-state index in [0.717, 1.165) is 16.9 Å². The fourth-order valence-corrected chi connectivity index (χ4v) is 2.16. The highest BCUT2D eigenvalue weighted by Crippen LogP contribution is 2.27. The lowest BCUT2D eigenvalue weighted by Gasteiger charge is -2.16. The molecule has 18 heavy (non-hydrogen) atoms. The molecule has 4 heteroatoms. The van der Waals surface area contributed by atoms with Gasteiger partial charge in [-0.05, 0) is 54.8 Å². The van der Waals surface area contributed by atoms with Crippen molar-refractivity contribution in [3.63, 3.8) is 0 Å². The van der Waals surface area contributed by atoms with E-state index in [1.807, 2.05) is 19.9 Å². The standard InChI is InChI=1S/C14H21NO2S/c1-9-7-13(17-4)11(3)10(2)12(9)8-15-14(16)5-6-18/h7,18H,5-6,8H2,1-4H3,(H,15,16). The zero-order chi connectivity index (χ0) is 13.7. The lowest BCUT2D eigenvalue weighted by molar-refractivity contribution is -0.120. The topological polar surface area (TPSA) is 38.3 Å². The third-order valence-electron chi connectivity index (χ3n) is 3.23. The van der Waals surface area contributed by atoms with Crippen LogP contribution in [0.2, 0.25) is 0 Å². The molecule has 0 aliphatic rings. The molecule has 0 aliphatic heterocycles. The van der Waals surface area contributed by atoms with Crippen LogP contribution < -0.4 is 10.1 Å². The van der Waals surface area contributed by atoms with Crippen molar-refractivity contribution >= 4 is 18.5 Å². The molecule has 1 rings (SSSR count). The first-order chi connectivity index (χ1) is 8.51. The predicted octanol–water partition coefficient (Wildman–Crippen LogP) is 2.56. The van der Waals surface area contributed by atoms with Gasteiger partial charge in [-0.25, -0.2) is 0 Å². The largest absolute Gasteiger partial charge is 0.496 e. The maximum Gasteiger partial charge on any atom is 0.221 e. The van der Waals surface area contributed by atoms with E-state index in [0.29, 0.717) is 18.7 Å². The first kappa shape index (κ1) is 14.9. The number of nitrogens with one attached hydrogen (secondary N) is 1. The summed E-state index contributed by atoms with van der Waals surface area (Å²) in [4.78, 5) is 11.5. The zero-order valence-corrected chi connectivity index (χ0v) is 12.4. The summed E-state index contributed by atoms with van der Waals surface area (Å²) >= 11 is 4.05. The second-order valence-corrected chi connectivity index (χ2v) is 4.82. The van der Waals surface area contributed by atoms with Crippen LogP contribution in [0.3, 0.4) is 0 Å². The molecule has 0 saturated heterocycles. The van der Waals surface area contributed by atoms with E-state index in [-0.39, 0.29) is 5.91 Å². The Morgan fingerprint density at radius 3 is 2.56 bits per heavy atom. The van der Waals surface area contributed by atoms with E-state index in [2.05, 4.69) is 24.9 Å². The molecule has 0 radical (unpaired) electrons. The monoisotopic (exact) mass is 267 g/mol. The van der Waals surface area contributed by atoms with E-state index in [4.69, 9.17) is 4.74 Å². The van der Waals surface area contributed by atoms with E-state index in [1.54, 1.807) is 7.11 Å². The van der Waals surface area contributed by atoms with Crippen molar-refractivity contribution in [1.82, 2.24) is 5.32 Å². The lowest BCUT2D eigenvalue weighted by atomic mass is 9.97. The van der Waals surface area contributed by atoms with Crippen LogP contribution in [0.4, 0.5) is 0 Å². The number of hydrogen-bond donors (Lipinski definition) is 2. The van der Waals surface area contributed by atoms with Gasteiger partial charge in [0.25, 0.3) is 0 Å². The Bertz CT molecular complexity index is 444.